The van der Waals surface area contributed by atoms with E-state index in [4.69, 9.17) is 26.8 Å². The van der Waals surface area contributed by atoms with Crippen LogP contribution in [0.3, 0.4) is 0 Å². The van der Waals surface area contributed by atoms with E-state index < -0.39 is 29.7 Å². The second kappa shape index (κ2) is 11.7. The van der Waals surface area contributed by atoms with Crippen molar-refractivity contribution in [1.29, 1.82) is 0 Å². The van der Waals surface area contributed by atoms with E-state index in [1.165, 1.54) is 12.1 Å². The minimum Gasteiger partial charge on any atom is -0.481 e. The van der Waals surface area contributed by atoms with E-state index in [0.29, 0.717) is 22.3 Å². The molecule has 1 aromatic carbocycles. The number of carbonyl (C=O) groups excluding carboxylic acids is 3. The standard InChI is InChI=1S/C22H23ClFN5O5S2/c1-5-33-21(32)16-10(2)17(18(25)31)36-20(16)26-15(30)9-35-22-28-27-19(29(22)4)11(3)34-14-7-6-12(24)8-13(14)23/h6-8,11H,5,9H2,1-4H3,(H2,25,31)(H,26,30). The van der Waals surface area contributed by atoms with E-state index in [1.807, 2.05) is 0 Å². The van der Waals surface area contributed by atoms with Gasteiger partial charge in [0.2, 0.25) is 5.91 Å². The lowest BCUT2D eigenvalue weighted by Crippen LogP contribution is -2.17. The van der Waals surface area contributed by atoms with Crippen LogP contribution in [0.5, 0.6) is 5.75 Å². The average molecular weight is 556 g/mol. The molecule has 0 saturated heterocycles. The zero-order valence-electron chi connectivity index (χ0n) is 19.8. The summed E-state index contributed by atoms with van der Waals surface area (Å²) in [7, 11) is 1.71. The van der Waals surface area contributed by atoms with Crippen molar-refractivity contribution < 1.29 is 28.2 Å². The van der Waals surface area contributed by atoms with Gasteiger partial charge in [-0.15, -0.1) is 21.5 Å². The number of esters is 1. The van der Waals surface area contributed by atoms with Gasteiger partial charge in [-0.05, 0) is 44.5 Å². The van der Waals surface area contributed by atoms with Gasteiger partial charge in [0.05, 0.1) is 27.8 Å². The Hall–Kier alpha value is -3.16. The molecular weight excluding hydrogens is 533 g/mol. The maximum absolute atomic E-state index is 13.3. The maximum atomic E-state index is 13.3. The van der Waals surface area contributed by atoms with Gasteiger partial charge in [-0.3, -0.25) is 9.59 Å². The summed E-state index contributed by atoms with van der Waals surface area (Å²) < 4.78 is 25.8. The normalized spacial score (nSPS) is 11.7. The van der Waals surface area contributed by atoms with Crippen LogP contribution in [0.1, 0.15) is 51.4 Å². The van der Waals surface area contributed by atoms with Gasteiger partial charge >= 0.3 is 5.97 Å². The van der Waals surface area contributed by atoms with Crippen molar-refractivity contribution in [3.05, 3.63) is 50.9 Å². The van der Waals surface area contributed by atoms with E-state index in [1.54, 1.807) is 32.4 Å². The molecule has 2 aromatic heterocycles. The fourth-order valence-electron chi connectivity index (χ4n) is 3.20. The Morgan fingerprint density at radius 1 is 1.33 bits per heavy atom. The number of amides is 2. The van der Waals surface area contributed by atoms with Crippen LogP contribution in [-0.4, -0.2) is 44.9 Å². The van der Waals surface area contributed by atoms with E-state index in [9.17, 15) is 18.8 Å². The number of nitrogens with zero attached hydrogens (tertiary/aromatic N) is 3. The summed E-state index contributed by atoms with van der Waals surface area (Å²) in [6, 6.07) is 3.80. The molecule has 0 aliphatic carbocycles. The van der Waals surface area contributed by atoms with Gasteiger partial charge in [0, 0.05) is 7.05 Å². The first-order valence-electron chi connectivity index (χ1n) is 10.6. The van der Waals surface area contributed by atoms with Gasteiger partial charge in [-0.1, -0.05) is 23.4 Å². The molecular formula is C22H23ClFN5O5S2. The lowest BCUT2D eigenvalue weighted by atomic mass is 10.1. The Morgan fingerprint density at radius 3 is 2.69 bits per heavy atom. The molecule has 10 nitrogen and oxygen atoms in total. The molecule has 3 aromatic rings. The first kappa shape index (κ1) is 27.4. The van der Waals surface area contributed by atoms with Crippen LogP contribution in [-0.2, 0) is 16.6 Å². The number of nitrogens with two attached hydrogens (primary N) is 1. The molecule has 3 N–H and O–H groups in total. The Labute approximate surface area is 219 Å². The van der Waals surface area contributed by atoms with Crippen LogP contribution in [0.25, 0.3) is 0 Å². The topological polar surface area (TPSA) is 138 Å². The third kappa shape index (κ3) is 6.15. The highest BCUT2D eigenvalue weighted by atomic mass is 35.5. The first-order valence-corrected chi connectivity index (χ1v) is 12.7. The molecule has 0 bridgehead atoms. The molecule has 1 unspecified atom stereocenters. The van der Waals surface area contributed by atoms with Crippen LogP contribution in [0.2, 0.25) is 5.02 Å². The van der Waals surface area contributed by atoms with E-state index in [0.717, 1.165) is 29.2 Å². The molecule has 1 atom stereocenters. The molecule has 3 rings (SSSR count). The van der Waals surface area contributed by atoms with Crippen molar-refractivity contribution in [1.82, 2.24) is 14.8 Å². The fourth-order valence-corrected chi connectivity index (χ4v) is 5.19. The number of anilines is 1. The van der Waals surface area contributed by atoms with E-state index in [2.05, 4.69) is 15.5 Å². The third-order valence-electron chi connectivity index (χ3n) is 4.87. The predicted octanol–water partition coefficient (Wildman–Crippen LogP) is 4.12. The van der Waals surface area contributed by atoms with Gasteiger partial charge in [0.15, 0.2) is 17.1 Å². The molecule has 0 saturated carbocycles. The highest BCUT2D eigenvalue weighted by Gasteiger charge is 2.26. The van der Waals surface area contributed by atoms with Gasteiger partial charge in [-0.2, -0.15) is 0 Å². The predicted molar refractivity (Wildman–Crippen MR) is 134 cm³/mol. The Bertz CT molecular complexity index is 1310. The third-order valence-corrected chi connectivity index (χ3v) is 7.40. The van der Waals surface area contributed by atoms with Gasteiger partial charge < -0.3 is 25.1 Å². The summed E-state index contributed by atoms with van der Waals surface area (Å²) in [6.07, 6.45) is -0.568. The van der Waals surface area contributed by atoms with Crippen molar-refractivity contribution in [2.24, 2.45) is 12.8 Å². The number of rotatable bonds is 10. The number of hydrogen-bond acceptors (Lipinski definition) is 9. The highest BCUT2D eigenvalue weighted by molar-refractivity contribution is 7.99. The molecule has 0 aliphatic heterocycles. The average Bonchev–Trinajstić information content (AvgIpc) is 3.33. The van der Waals surface area contributed by atoms with Crippen molar-refractivity contribution in [3.8, 4) is 5.75 Å². The number of aromatic nitrogens is 3. The number of carbonyl (C=O) groups is 3. The lowest BCUT2D eigenvalue weighted by Gasteiger charge is -2.15. The number of primary amides is 1. The molecule has 0 radical (unpaired) electrons. The molecule has 2 amide bonds. The van der Waals surface area contributed by atoms with E-state index >= 15 is 0 Å². The second-order valence-electron chi connectivity index (χ2n) is 7.42. The summed E-state index contributed by atoms with van der Waals surface area (Å²) in [5, 5.41) is 11.6. The minimum atomic E-state index is -0.706. The van der Waals surface area contributed by atoms with Gasteiger partial charge in [0.1, 0.15) is 16.6 Å². The summed E-state index contributed by atoms with van der Waals surface area (Å²) >= 11 is 8.04. The molecule has 0 fully saturated rings. The number of ether oxygens (including phenoxy) is 2. The van der Waals surface area contributed by atoms with Crippen LogP contribution in [0, 0.1) is 12.7 Å². The molecule has 36 heavy (non-hydrogen) atoms. The van der Waals surface area contributed by atoms with Crippen LogP contribution in [0.4, 0.5) is 9.39 Å². The molecule has 0 aliphatic rings. The van der Waals surface area contributed by atoms with Crippen LogP contribution in [0.15, 0.2) is 23.4 Å². The quantitative estimate of drug-likeness (QED) is 0.281. The summed E-state index contributed by atoms with van der Waals surface area (Å²) in [5.41, 5.74) is 5.84. The number of hydrogen-bond donors (Lipinski definition) is 2. The summed E-state index contributed by atoms with van der Waals surface area (Å²) in [4.78, 5) is 36.9. The number of thioether (sulfide) groups is 1. The maximum Gasteiger partial charge on any atom is 0.341 e. The molecule has 192 valence electrons. The molecule has 14 heteroatoms. The summed E-state index contributed by atoms with van der Waals surface area (Å²) in [6.45, 7) is 5.08. The number of benzene rings is 1. The number of nitrogens with one attached hydrogen (secondary N) is 1. The fraction of sp³-hybridized carbons (Fsp3) is 0.318. The lowest BCUT2D eigenvalue weighted by molar-refractivity contribution is -0.113. The van der Waals surface area contributed by atoms with Gasteiger partial charge in [-0.25, -0.2) is 9.18 Å². The molecule has 2 heterocycles. The van der Waals surface area contributed by atoms with Crippen LogP contribution >= 0.6 is 34.7 Å². The van der Waals surface area contributed by atoms with Crippen molar-refractivity contribution in [2.75, 3.05) is 17.7 Å². The largest absolute Gasteiger partial charge is 0.481 e. The Morgan fingerprint density at radius 2 is 2.06 bits per heavy atom. The van der Waals surface area contributed by atoms with Crippen LogP contribution < -0.4 is 15.8 Å². The van der Waals surface area contributed by atoms with Crippen molar-refractivity contribution in [2.45, 2.75) is 32.0 Å². The Balaban J connectivity index is 1.68. The minimum absolute atomic E-state index is 0.0594. The highest BCUT2D eigenvalue weighted by Crippen LogP contribution is 2.34. The number of thiophene rings is 1. The zero-order valence-corrected chi connectivity index (χ0v) is 22.1. The first-order chi connectivity index (χ1) is 17.0. The van der Waals surface area contributed by atoms with Gasteiger partial charge in [0.25, 0.3) is 5.91 Å². The van der Waals surface area contributed by atoms with Crippen molar-refractivity contribution >= 4 is 57.5 Å². The second-order valence-corrected chi connectivity index (χ2v) is 9.79. The molecule has 0 spiro atoms. The zero-order chi connectivity index (χ0) is 26.6. The SMILES string of the molecule is CCOC(=O)c1c(NC(=O)CSc2nnc(C(C)Oc3ccc(F)cc3Cl)n2C)sc(C(N)=O)c1C. The smallest absolute Gasteiger partial charge is 0.341 e. The number of halogens is 2. The Kier molecular flexibility index (Phi) is 8.93. The van der Waals surface area contributed by atoms with Crippen molar-refractivity contribution in [3.63, 3.8) is 0 Å². The summed E-state index contributed by atoms with van der Waals surface area (Å²) in [5.74, 6) is -1.58. The monoisotopic (exact) mass is 555 g/mol. The van der Waals surface area contributed by atoms with E-state index in [-0.39, 0.29) is 32.8 Å².